The Morgan fingerprint density at radius 2 is 1.77 bits per heavy atom. The number of aliphatic carboxylic acids is 1. The van der Waals surface area contributed by atoms with Gasteiger partial charge in [0.15, 0.2) is 0 Å². The summed E-state index contributed by atoms with van der Waals surface area (Å²) in [4.78, 5) is 45.4. The summed E-state index contributed by atoms with van der Waals surface area (Å²) in [6, 6.07) is 15.0. The number of imidazole rings is 1. The molecule has 0 radical (unpaired) electrons. The van der Waals surface area contributed by atoms with Gasteiger partial charge < -0.3 is 25.0 Å². The zero-order valence-electron chi connectivity index (χ0n) is 19.4. The monoisotopic (exact) mass is 476 g/mol. The van der Waals surface area contributed by atoms with Crippen LogP contribution in [-0.4, -0.2) is 63.7 Å². The molecule has 3 aromatic rings. The van der Waals surface area contributed by atoms with Gasteiger partial charge >= 0.3 is 12.1 Å². The molecule has 3 N–H and O–H groups in total. The van der Waals surface area contributed by atoms with Crippen molar-refractivity contribution in [3.05, 3.63) is 77.9 Å². The third-order valence-electron chi connectivity index (χ3n) is 6.04. The molecule has 2 aromatic carbocycles. The van der Waals surface area contributed by atoms with Gasteiger partial charge in [-0.15, -0.1) is 0 Å². The van der Waals surface area contributed by atoms with Crippen LogP contribution in [-0.2, 0) is 20.7 Å². The highest BCUT2D eigenvalue weighted by Gasteiger charge is 2.31. The summed E-state index contributed by atoms with van der Waals surface area (Å²) in [6.07, 6.45) is 3.01. The number of carboxylic acid groups (broad SMARTS) is 1. The maximum atomic E-state index is 13.2. The molecule has 1 aliphatic carbocycles. The minimum Gasteiger partial charge on any atom is -0.480 e. The van der Waals surface area contributed by atoms with E-state index in [1.807, 2.05) is 43.3 Å². The number of fused-ring (bicyclic) bond motifs is 3. The van der Waals surface area contributed by atoms with E-state index in [0.717, 1.165) is 22.3 Å². The van der Waals surface area contributed by atoms with Gasteiger partial charge in [0, 0.05) is 30.8 Å². The molecule has 9 heteroatoms. The summed E-state index contributed by atoms with van der Waals surface area (Å²) in [6.45, 7) is 1.78. The first kappa shape index (κ1) is 24.0. The Labute approximate surface area is 203 Å². The first-order valence-electron chi connectivity index (χ1n) is 11.6. The summed E-state index contributed by atoms with van der Waals surface area (Å²) in [7, 11) is 0. The zero-order valence-corrected chi connectivity index (χ0v) is 19.4. The second-order valence-electron chi connectivity index (χ2n) is 8.46. The predicted octanol–water partition coefficient (Wildman–Crippen LogP) is 3.18. The second kappa shape index (κ2) is 10.9. The Hall–Kier alpha value is -4.14. The number of benzene rings is 2. The average molecular weight is 477 g/mol. The maximum absolute atomic E-state index is 13.2. The molecule has 1 aliphatic rings. The number of aromatic nitrogens is 2. The van der Waals surface area contributed by atoms with Crippen LogP contribution in [0, 0.1) is 0 Å². The lowest BCUT2D eigenvalue weighted by atomic mass is 9.98. The SMILES string of the molecule is CCCN(CC(=O)O)C(=O)[C@H](Cc1cnc[nH]1)NC(=O)OCC1c2ccccc2-c2ccccc21. The van der Waals surface area contributed by atoms with Crippen LogP contribution in [0.25, 0.3) is 11.1 Å². The molecule has 35 heavy (non-hydrogen) atoms. The highest BCUT2D eigenvalue weighted by Crippen LogP contribution is 2.44. The van der Waals surface area contributed by atoms with Crippen LogP contribution < -0.4 is 5.32 Å². The highest BCUT2D eigenvalue weighted by molar-refractivity contribution is 5.88. The number of aromatic amines is 1. The van der Waals surface area contributed by atoms with E-state index in [2.05, 4.69) is 27.4 Å². The molecule has 0 fully saturated rings. The van der Waals surface area contributed by atoms with Gasteiger partial charge in [-0.1, -0.05) is 55.5 Å². The molecule has 1 atom stereocenters. The lowest BCUT2D eigenvalue weighted by molar-refractivity contribution is -0.145. The minimum atomic E-state index is -1.12. The fourth-order valence-corrected chi connectivity index (χ4v) is 4.52. The molecule has 9 nitrogen and oxygen atoms in total. The first-order valence-corrected chi connectivity index (χ1v) is 11.6. The number of nitrogens with zero attached hydrogens (tertiary/aromatic N) is 2. The molecule has 2 amide bonds. The number of ether oxygens (including phenoxy) is 1. The fourth-order valence-electron chi connectivity index (χ4n) is 4.52. The Bertz CT molecular complexity index is 1150. The number of hydrogen-bond acceptors (Lipinski definition) is 5. The van der Waals surface area contributed by atoms with Gasteiger partial charge in [0.05, 0.1) is 6.33 Å². The van der Waals surface area contributed by atoms with E-state index in [4.69, 9.17) is 4.74 Å². The van der Waals surface area contributed by atoms with E-state index in [1.165, 1.54) is 11.2 Å². The molecule has 0 saturated carbocycles. The van der Waals surface area contributed by atoms with E-state index in [9.17, 15) is 19.5 Å². The molecule has 1 heterocycles. The lowest BCUT2D eigenvalue weighted by Crippen LogP contribution is -2.51. The van der Waals surface area contributed by atoms with Crippen molar-refractivity contribution in [3.8, 4) is 11.1 Å². The summed E-state index contributed by atoms with van der Waals surface area (Å²) in [5.74, 6) is -1.72. The van der Waals surface area contributed by atoms with Crippen LogP contribution in [0.3, 0.4) is 0 Å². The first-order chi connectivity index (χ1) is 17.0. The number of nitrogens with one attached hydrogen (secondary N) is 2. The Morgan fingerprint density at radius 3 is 2.34 bits per heavy atom. The van der Waals surface area contributed by atoms with Gasteiger partial charge in [0.1, 0.15) is 19.2 Å². The third kappa shape index (κ3) is 5.51. The van der Waals surface area contributed by atoms with Crippen molar-refractivity contribution in [1.82, 2.24) is 20.2 Å². The topological polar surface area (TPSA) is 125 Å². The Kier molecular flexibility index (Phi) is 7.45. The largest absolute Gasteiger partial charge is 0.480 e. The van der Waals surface area contributed by atoms with Crippen LogP contribution >= 0.6 is 0 Å². The van der Waals surface area contributed by atoms with Crippen LogP contribution in [0.1, 0.15) is 36.1 Å². The van der Waals surface area contributed by atoms with Gasteiger partial charge in [-0.2, -0.15) is 0 Å². The normalized spacial score (nSPS) is 12.9. The van der Waals surface area contributed by atoms with E-state index in [1.54, 1.807) is 6.20 Å². The number of carbonyl (C=O) groups excluding carboxylic acids is 2. The molecule has 0 saturated heterocycles. The Balaban J connectivity index is 1.47. The van der Waals surface area contributed by atoms with Crippen molar-refractivity contribution in [2.24, 2.45) is 0 Å². The van der Waals surface area contributed by atoms with Gasteiger partial charge in [-0.25, -0.2) is 9.78 Å². The smallest absolute Gasteiger partial charge is 0.407 e. The number of carboxylic acids is 1. The average Bonchev–Trinajstić information content (AvgIpc) is 3.47. The van der Waals surface area contributed by atoms with Gasteiger partial charge in [0.2, 0.25) is 5.91 Å². The van der Waals surface area contributed by atoms with Gasteiger partial charge in [0.25, 0.3) is 0 Å². The van der Waals surface area contributed by atoms with E-state index < -0.39 is 30.6 Å². The third-order valence-corrected chi connectivity index (χ3v) is 6.04. The number of H-pyrrole nitrogens is 1. The fraction of sp³-hybridized carbons (Fsp3) is 0.308. The van der Waals surface area contributed by atoms with Crippen molar-refractivity contribution in [1.29, 1.82) is 0 Å². The molecule has 0 bridgehead atoms. The zero-order chi connectivity index (χ0) is 24.8. The van der Waals surface area contributed by atoms with Crippen molar-refractivity contribution in [2.45, 2.75) is 31.7 Å². The summed E-state index contributed by atoms with van der Waals surface area (Å²) >= 11 is 0. The van der Waals surface area contributed by atoms with E-state index >= 15 is 0 Å². The molecule has 0 unspecified atom stereocenters. The second-order valence-corrected chi connectivity index (χ2v) is 8.46. The number of alkyl carbamates (subject to hydrolysis) is 1. The molecule has 182 valence electrons. The van der Waals surface area contributed by atoms with Gasteiger partial charge in [-0.3, -0.25) is 9.59 Å². The summed E-state index contributed by atoms with van der Waals surface area (Å²) in [5.41, 5.74) is 5.04. The van der Waals surface area contributed by atoms with Crippen molar-refractivity contribution < 1.29 is 24.2 Å². The molecular weight excluding hydrogens is 448 g/mol. The molecular formula is C26H28N4O5. The number of hydrogen-bond donors (Lipinski definition) is 3. The minimum absolute atomic E-state index is 0.110. The molecule has 4 rings (SSSR count). The molecule has 0 spiro atoms. The van der Waals surface area contributed by atoms with Crippen LogP contribution in [0.2, 0.25) is 0 Å². The molecule has 0 aliphatic heterocycles. The van der Waals surface area contributed by atoms with Crippen molar-refractivity contribution in [3.63, 3.8) is 0 Å². The molecule has 1 aromatic heterocycles. The van der Waals surface area contributed by atoms with Gasteiger partial charge in [-0.05, 0) is 28.7 Å². The summed E-state index contributed by atoms with van der Waals surface area (Å²) in [5, 5.41) is 11.9. The van der Waals surface area contributed by atoms with Crippen molar-refractivity contribution in [2.75, 3.05) is 19.7 Å². The maximum Gasteiger partial charge on any atom is 0.407 e. The quantitative estimate of drug-likeness (QED) is 0.413. The number of carbonyl (C=O) groups is 3. The van der Waals surface area contributed by atoms with Crippen LogP contribution in [0.15, 0.2) is 61.1 Å². The van der Waals surface area contributed by atoms with E-state index in [-0.39, 0.29) is 25.5 Å². The number of rotatable bonds is 10. The van der Waals surface area contributed by atoms with E-state index in [0.29, 0.717) is 12.1 Å². The lowest BCUT2D eigenvalue weighted by Gasteiger charge is -2.26. The standard InChI is InChI=1S/C26H28N4O5/c1-2-11-30(14-24(31)32)25(33)23(12-17-13-27-16-28-17)29-26(34)35-15-22-20-9-5-3-7-18(20)19-8-4-6-10-21(19)22/h3-10,13,16,22-23H,2,11-12,14-15H2,1H3,(H,27,28)(H,29,34)(H,31,32)/t23-/m0/s1. The van der Waals surface area contributed by atoms with Crippen LogP contribution in [0.4, 0.5) is 4.79 Å². The summed E-state index contributed by atoms with van der Waals surface area (Å²) < 4.78 is 5.60. The predicted molar refractivity (Wildman–Crippen MR) is 129 cm³/mol. The Morgan fingerprint density at radius 1 is 1.11 bits per heavy atom. The number of amides is 2. The highest BCUT2D eigenvalue weighted by atomic mass is 16.5. The van der Waals surface area contributed by atoms with Crippen molar-refractivity contribution >= 4 is 18.0 Å². The van der Waals surface area contributed by atoms with Crippen LogP contribution in [0.5, 0.6) is 0 Å².